The van der Waals surface area contributed by atoms with Crippen molar-refractivity contribution in [1.82, 2.24) is 0 Å². The SMILES string of the molecule is Cc1cc(C)c(C(C)C)cc1O[B]O. The molecule has 0 saturated carbocycles. The van der Waals surface area contributed by atoms with Crippen LogP contribution in [0.2, 0.25) is 0 Å². The Hall–Kier alpha value is -0.955. The molecule has 14 heavy (non-hydrogen) atoms. The summed E-state index contributed by atoms with van der Waals surface area (Å²) in [7, 11) is 0.724. The fourth-order valence-electron chi connectivity index (χ4n) is 1.65. The Morgan fingerprint density at radius 1 is 1.21 bits per heavy atom. The van der Waals surface area contributed by atoms with E-state index in [1.165, 1.54) is 11.1 Å². The van der Waals surface area contributed by atoms with E-state index in [9.17, 15) is 0 Å². The number of hydrogen-bond acceptors (Lipinski definition) is 2. The first-order valence-corrected chi connectivity index (χ1v) is 4.80. The van der Waals surface area contributed by atoms with Gasteiger partial charge in [-0.1, -0.05) is 19.9 Å². The molecule has 0 saturated heterocycles. The maximum absolute atomic E-state index is 8.60. The van der Waals surface area contributed by atoms with Crippen molar-refractivity contribution in [3.63, 3.8) is 0 Å². The Balaban J connectivity index is 3.13. The highest BCUT2D eigenvalue weighted by Gasteiger charge is 2.08. The van der Waals surface area contributed by atoms with Crippen molar-refractivity contribution in [2.24, 2.45) is 0 Å². The number of rotatable bonds is 3. The second kappa shape index (κ2) is 4.51. The summed E-state index contributed by atoms with van der Waals surface area (Å²) in [6.45, 7) is 8.35. The van der Waals surface area contributed by atoms with E-state index < -0.39 is 0 Å². The molecule has 0 unspecified atom stereocenters. The zero-order valence-corrected chi connectivity index (χ0v) is 9.16. The van der Waals surface area contributed by atoms with Crippen molar-refractivity contribution in [3.05, 3.63) is 28.8 Å². The van der Waals surface area contributed by atoms with Crippen LogP contribution in [0.4, 0.5) is 0 Å². The van der Waals surface area contributed by atoms with E-state index in [-0.39, 0.29) is 0 Å². The molecule has 0 spiro atoms. The molecule has 0 aliphatic carbocycles. The minimum Gasteiger partial charge on any atom is -0.537 e. The first-order valence-electron chi connectivity index (χ1n) is 4.80. The van der Waals surface area contributed by atoms with Crippen LogP contribution in [0.5, 0.6) is 5.75 Å². The van der Waals surface area contributed by atoms with Crippen LogP contribution < -0.4 is 4.65 Å². The van der Waals surface area contributed by atoms with Crippen LogP contribution >= 0.6 is 0 Å². The Labute approximate surface area is 86.2 Å². The third-order valence-corrected chi connectivity index (χ3v) is 2.37. The lowest BCUT2D eigenvalue weighted by Gasteiger charge is -2.14. The molecule has 0 aliphatic heterocycles. The van der Waals surface area contributed by atoms with Gasteiger partial charge in [-0.15, -0.1) is 0 Å². The summed E-state index contributed by atoms with van der Waals surface area (Å²) >= 11 is 0. The van der Waals surface area contributed by atoms with Crippen molar-refractivity contribution in [2.75, 3.05) is 0 Å². The number of aryl methyl sites for hydroxylation is 2. The molecule has 0 aliphatic rings. The van der Waals surface area contributed by atoms with Crippen LogP contribution in [0.15, 0.2) is 12.1 Å². The van der Waals surface area contributed by atoms with Crippen LogP contribution in [-0.4, -0.2) is 12.7 Å². The van der Waals surface area contributed by atoms with Gasteiger partial charge < -0.3 is 9.68 Å². The van der Waals surface area contributed by atoms with E-state index in [0.29, 0.717) is 5.92 Å². The smallest absolute Gasteiger partial charge is 0.537 e. The molecule has 1 rings (SSSR count). The lowest BCUT2D eigenvalue weighted by atomic mass is 9.96. The maximum Gasteiger partial charge on any atom is 0.569 e. The summed E-state index contributed by atoms with van der Waals surface area (Å²) < 4.78 is 5.01. The summed E-state index contributed by atoms with van der Waals surface area (Å²) in [4.78, 5) is 0. The van der Waals surface area contributed by atoms with Gasteiger partial charge in [0.15, 0.2) is 0 Å². The quantitative estimate of drug-likeness (QED) is 0.743. The minimum atomic E-state index is 0.469. The van der Waals surface area contributed by atoms with Gasteiger partial charge in [-0.25, -0.2) is 0 Å². The first kappa shape index (κ1) is 11.1. The molecular weight excluding hydrogens is 175 g/mol. The lowest BCUT2D eigenvalue weighted by Crippen LogP contribution is -2.03. The average molecular weight is 191 g/mol. The molecular formula is C11H16BO2. The predicted octanol–water partition coefficient (Wildman–Crippen LogP) is 2.33. The van der Waals surface area contributed by atoms with Gasteiger partial charge in [-0.3, -0.25) is 0 Å². The summed E-state index contributed by atoms with van der Waals surface area (Å²) in [6, 6.07) is 4.07. The van der Waals surface area contributed by atoms with Gasteiger partial charge in [0.2, 0.25) is 0 Å². The molecule has 1 radical (unpaired) electrons. The summed E-state index contributed by atoms with van der Waals surface area (Å²) in [5, 5.41) is 8.60. The summed E-state index contributed by atoms with van der Waals surface area (Å²) in [5.74, 6) is 1.19. The molecule has 0 aromatic heterocycles. The van der Waals surface area contributed by atoms with Crippen molar-refractivity contribution in [2.45, 2.75) is 33.6 Å². The second-order valence-electron chi connectivity index (χ2n) is 3.85. The van der Waals surface area contributed by atoms with Gasteiger partial charge in [0, 0.05) is 0 Å². The van der Waals surface area contributed by atoms with E-state index >= 15 is 0 Å². The highest BCUT2D eigenvalue weighted by molar-refractivity contribution is 6.17. The molecule has 0 bridgehead atoms. The van der Waals surface area contributed by atoms with E-state index in [2.05, 4.69) is 26.8 Å². The molecule has 75 valence electrons. The second-order valence-corrected chi connectivity index (χ2v) is 3.85. The van der Waals surface area contributed by atoms with Crippen LogP contribution in [0.3, 0.4) is 0 Å². The standard InChI is InChI=1S/C11H16BO2/c1-7(2)10-6-11(14-12-13)9(4)5-8(10)3/h5-7,13H,1-4H3. The first-order chi connectivity index (χ1) is 6.56. The monoisotopic (exact) mass is 191 g/mol. The molecule has 1 N–H and O–H groups in total. The third-order valence-electron chi connectivity index (χ3n) is 2.37. The fourth-order valence-corrected chi connectivity index (χ4v) is 1.65. The van der Waals surface area contributed by atoms with E-state index in [1.807, 2.05) is 13.0 Å². The van der Waals surface area contributed by atoms with Gasteiger partial charge in [-0.05, 0) is 42.5 Å². The summed E-state index contributed by atoms with van der Waals surface area (Å²) in [5.41, 5.74) is 3.56. The molecule has 0 atom stereocenters. The lowest BCUT2D eigenvalue weighted by molar-refractivity contribution is 0.451. The summed E-state index contributed by atoms with van der Waals surface area (Å²) in [6.07, 6.45) is 0. The Morgan fingerprint density at radius 3 is 2.36 bits per heavy atom. The molecule has 1 aromatic carbocycles. The average Bonchev–Trinajstić information content (AvgIpc) is 2.09. The zero-order chi connectivity index (χ0) is 10.7. The topological polar surface area (TPSA) is 29.5 Å². The van der Waals surface area contributed by atoms with Gasteiger partial charge >= 0.3 is 7.69 Å². The van der Waals surface area contributed by atoms with Crippen molar-refractivity contribution in [1.29, 1.82) is 0 Å². The highest BCUT2D eigenvalue weighted by Crippen LogP contribution is 2.27. The normalized spacial score (nSPS) is 10.4. The Kier molecular flexibility index (Phi) is 3.58. The molecule has 0 amide bonds. The number of benzene rings is 1. The maximum atomic E-state index is 8.60. The Bertz CT molecular complexity index is 321. The van der Waals surface area contributed by atoms with Gasteiger partial charge in [0.05, 0.1) is 0 Å². The molecule has 2 nitrogen and oxygen atoms in total. The van der Waals surface area contributed by atoms with Crippen LogP contribution in [-0.2, 0) is 0 Å². The van der Waals surface area contributed by atoms with Crippen molar-refractivity contribution < 1.29 is 9.68 Å². The van der Waals surface area contributed by atoms with Crippen molar-refractivity contribution >= 4 is 7.69 Å². The zero-order valence-electron chi connectivity index (χ0n) is 9.16. The highest BCUT2D eigenvalue weighted by atomic mass is 16.5. The molecule has 1 aromatic rings. The number of hydrogen-bond donors (Lipinski definition) is 1. The largest absolute Gasteiger partial charge is 0.569 e. The molecule has 0 heterocycles. The van der Waals surface area contributed by atoms with E-state index in [4.69, 9.17) is 9.68 Å². The minimum absolute atomic E-state index is 0.469. The predicted molar refractivity (Wildman–Crippen MR) is 58.6 cm³/mol. The van der Waals surface area contributed by atoms with Gasteiger partial charge in [0.25, 0.3) is 0 Å². The fraction of sp³-hybridized carbons (Fsp3) is 0.455. The molecule has 3 heteroatoms. The van der Waals surface area contributed by atoms with Crippen molar-refractivity contribution in [3.8, 4) is 5.75 Å². The van der Waals surface area contributed by atoms with Gasteiger partial charge in [0.1, 0.15) is 5.75 Å². The Morgan fingerprint density at radius 2 is 1.86 bits per heavy atom. The van der Waals surface area contributed by atoms with Crippen LogP contribution in [0.1, 0.15) is 36.5 Å². The van der Waals surface area contributed by atoms with E-state index in [1.54, 1.807) is 0 Å². The van der Waals surface area contributed by atoms with Crippen LogP contribution in [0.25, 0.3) is 0 Å². The van der Waals surface area contributed by atoms with Gasteiger partial charge in [-0.2, -0.15) is 0 Å². The molecule has 0 fully saturated rings. The van der Waals surface area contributed by atoms with Crippen LogP contribution in [0, 0.1) is 13.8 Å². The third kappa shape index (κ3) is 2.29. The van der Waals surface area contributed by atoms with E-state index in [0.717, 1.165) is 19.0 Å².